The average Bonchev–Trinajstić information content (AvgIpc) is 2.96. The fraction of sp³-hybridized carbons (Fsp3) is 0.333. The van der Waals surface area contributed by atoms with Gasteiger partial charge in [-0.25, -0.2) is 17.2 Å². The van der Waals surface area contributed by atoms with E-state index in [0.29, 0.717) is 11.4 Å². The molecule has 1 aliphatic carbocycles. The van der Waals surface area contributed by atoms with Crippen LogP contribution in [-0.4, -0.2) is 20.9 Å². The van der Waals surface area contributed by atoms with Crippen LogP contribution in [0.2, 0.25) is 0 Å². The highest BCUT2D eigenvalue weighted by Gasteiger charge is 2.18. The molecule has 1 unspecified atom stereocenters. The Labute approximate surface area is 151 Å². The third kappa shape index (κ3) is 4.43. The molecule has 140 valence electrons. The van der Waals surface area contributed by atoms with Gasteiger partial charge in [-0.2, -0.15) is 0 Å². The molecule has 0 heterocycles. The number of aryl methyl sites for hydroxylation is 2. The Bertz CT molecular complexity index is 932. The minimum Gasteiger partial charge on any atom is -0.468 e. The molecule has 3 rings (SSSR count). The first-order chi connectivity index (χ1) is 12.2. The summed E-state index contributed by atoms with van der Waals surface area (Å²) >= 11 is 0. The summed E-state index contributed by atoms with van der Waals surface area (Å²) in [6.45, 7) is 1.65. The molecule has 0 spiro atoms. The summed E-state index contributed by atoms with van der Waals surface area (Å²) in [7, 11) is -3.46. The number of ether oxygens (including phenoxy) is 1. The lowest BCUT2D eigenvalue weighted by Crippen LogP contribution is -2.24. The van der Waals surface area contributed by atoms with Crippen molar-refractivity contribution in [1.29, 1.82) is 0 Å². The van der Waals surface area contributed by atoms with Crippen LogP contribution in [0.1, 0.15) is 24.5 Å². The topological polar surface area (TPSA) is 67.4 Å². The number of sulfonamides is 1. The molecule has 2 aromatic carbocycles. The van der Waals surface area contributed by atoms with Crippen molar-refractivity contribution in [1.82, 2.24) is 0 Å². The lowest BCUT2D eigenvalue weighted by atomic mass is 10.1. The summed E-state index contributed by atoms with van der Waals surface area (Å²) in [6, 6.07) is 6.76. The van der Waals surface area contributed by atoms with E-state index in [1.54, 1.807) is 6.92 Å². The Morgan fingerprint density at radius 3 is 2.35 bits per heavy atom. The molecule has 0 saturated carbocycles. The molecule has 0 aliphatic heterocycles. The highest BCUT2D eigenvalue weighted by Crippen LogP contribution is 2.33. The summed E-state index contributed by atoms with van der Waals surface area (Å²) in [5.74, 6) is -1.58. The van der Waals surface area contributed by atoms with Crippen LogP contribution in [0.25, 0.3) is 0 Å². The summed E-state index contributed by atoms with van der Waals surface area (Å²) in [6.07, 6.45) is 3.25. The molecular weight excluding hydrogens is 362 g/mol. The van der Waals surface area contributed by atoms with Gasteiger partial charge in [-0.15, -0.1) is 0 Å². The molecule has 0 saturated heterocycles. The lowest BCUT2D eigenvalue weighted by Gasteiger charge is -2.21. The molecular formula is C18H20F2N2O3S. The van der Waals surface area contributed by atoms with E-state index in [0.717, 1.165) is 48.8 Å². The maximum absolute atomic E-state index is 13.7. The lowest BCUT2D eigenvalue weighted by molar-refractivity contribution is 0.238. The number of halogens is 2. The van der Waals surface area contributed by atoms with Crippen LogP contribution in [-0.2, 0) is 22.9 Å². The van der Waals surface area contributed by atoms with E-state index < -0.39 is 27.9 Å². The number of anilines is 2. The quantitative estimate of drug-likeness (QED) is 0.749. The molecule has 2 aromatic rings. The van der Waals surface area contributed by atoms with Gasteiger partial charge in [-0.1, -0.05) is 0 Å². The number of benzene rings is 2. The van der Waals surface area contributed by atoms with Crippen LogP contribution < -0.4 is 14.8 Å². The van der Waals surface area contributed by atoms with Crippen molar-refractivity contribution in [2.24, 2.45) is 0 Å². The summed E-state index contributed by atoms with van der Waals surface area (Å²) in [5.41, 5.74) is 3.22. The van der Waals surface area contributed by atoms with E-state index in [9.17, 15) is 17.2 Å². The first kappa shape index (κ1) is 18.4. The number of fused-ring (bicyclic) bond motifs is 1. The smallest absolute Gasteiger partial charge is 0.229 e. The maximum Gasteiger partial charge on any atom is 0.229 e. The Hall–Kier alpha value is -2.35. The summed E-state index contributed by atoms with van der Waals surface area (Å²) in [5, 5.41) is 3.04. The van der Waals surface area contributed by atoms with Crippen LogP contribution in [0, 0.1) is 11.6 Å². The van der Waals surface area contributed by atoms with Crippen LogP contribution in [0.5, 0.6) is 5.75 Å². The summed E-state index contributed by atoms with van der Waals surface area (Å²) < 4.78 is 58.0. The van der Waals surface area contributed by atoms with Gasteiger partial charge >= 0.3 is 0 Å². The van der Waals surface area contributed by atoms with E-state index in [1.807, 2.05) is 12.1 Å². The highest BCUT2D eigenvalue weighted by molar-refractivity contribution is 7.92. The van der Waals surface area contributed by atoms with Gasteiger partial charge in [0.15, 0.2) is 17.8 Å². The zero-order valence-electron chi connectivity index (χ0n) is 14.5. The molecule has 26 heavy (non-hydrogen) atoms. The van der Waals surface area contributed by atoms with Crippen molar-refractivity contribution in [3.63, 3.8) is 0 Å². The number of rotatable bonds is 6. The van der Waals surface area contributed by atoms with E-state index in [2.05, 4.69) is 10.0 Å². The zero-order valence-corrected chi connectivity index (χ0v) is 15.3. The van der Waals surface area contributed by atoms with Gasteiger partial charge in [0.2, 0.25) is 10.0 Å². The third-order valence-corrected chi connectivity index (χ3v) is 4.67. The second kappa shape index (κ2) is 7.11. The van der Waals surface area contributed by atoms with Gasteiger partial charge in [0.05, 0.1) is 17.6 Å². The molecule has 0 aromatic heterocycles. The maximum atomic E-state index is 13.7. The molecule has 5 nitrogen and oxygen atoms in total. The molecule has 1 aliphatic rings. The van der Waals surface area contributed by atoms with Crippen LogP contribution in [0.15, 0.2) is 30.3 Å². The number of nitrogens with one attached hydrogen (secondary N) is 2. The minimum absolute atomic E-state index is 0.0924. The van der Waals surface area contributed by atoms with Crippen molar-refractivity contribution in [2.75, 3.05) is 16.3 Å². The second-order valence-corrected chi connectivity index (χ2v) is 8.12. The molecule has 0 fully saturated rings. The van der Waals surface area contributed by atoms with Crippen molar-refractivity contribution in [3.8, 4) is 5.75 Å². The molecule has 0 bridgehead atoms. The van der Waals surface area contributed by atoms with Crippen LogP contribution in [0.4, 0.5) is 20.2 Å². The van der Waals surface area contributed by atoms with Gasteiger partial charge in [0, 0.05) is 6.07 Å². The van der Waals surface area contributed by atoms with Gasteiger partial charge in [0.25, 0.3) is 0 Å². The fourth-order valence-electron chi connectivity index (χ4n) is 3.04. The molecule has 2 N–H and O–H groups in total. The average molecular weight is 382 g/mol. The minimum atomic E-state index is -3.46. The molecule has 0 radical (unpaired) electrons. The van der Waals surface area contributed by atoms with Gasteiger partial charge in [-0.3, -0.25) is 4.72 Å². The number of hydrogen-bond donors (Lipinski definition) is 2. The van der Waals surface area contributed by atoms with Crippen molar-refractivity contribution in [3.05, 3.63) is 53.1 Å². The molecule has 8 heteroatoms. The molecule has 0 amide bonds. The Morgan fingerprint density at radius 2 is 1.73 bits per heavy atom. The third-order valence-electron chi connectivity index (χ3n) is 4.08. The first-order valence-corrected chi connectivity index (χ1v) is 10.1. The van der Waals surface area contributed by atoms with Crippen molar-refractivity contribution < 1.29 is 21.9 Å². The van der Waals surface area contributed by atoms with Gasteiger partial charge in [-0.05, 0) is 61.6 Å². The highest BCUT2D eigenvalue weighted by atomic mass is 32.2. The standard InChI is InChI=1S/C18H20F2N2O3S/c1-11(25-18-7-6-14(19)10-15(18)20)21-16-8-12-4-3-5-13(12)9-17(16)22-26(2,23)24/h6-11,21-22H,3-5H2,1-2H3. The van der Waals surface area contributed by atoms with Gasteiger partial charge < -0.3 is 10.1 Å². The largest absolute Gasteiger partial charge is 0.468 e. The van der Waals surface area contributed by atoms with Gasteiger partial charge in [0.1, 0.15) is 5.82 Å². The van der Waals surface area contributed by atoms with E-state index in [1.165, 1.54) is 6.07 Å². The number of hydrogen-bond acceptors (Lipinski definition) is 4. The SMILES string of the molecule is CC(Nc1cc2c(cc1NS(C)(=O)=O)CCC2)Oc1ccc(F)cc1F. The predicted octanol–water partition coefficient (Wildman–Crippen LogP) is 3.66. The van der Waals surface area contributed by atoms with E-state index in [-0.39, 0.29) is 5.75 Å². The Kier molecular flexibility index (Phi) is 5.04. The second-order valence-electron chi connectivity index (χ2n) is 6.37. The Morgan fingerprint density at radius 1 is 1.08 bits per heavy atom. The monoisotopic (exact) mass is 382 g/mol. The first-order valence-electron chi connectivity index (χ1n) is 8.23. The predicted molar refractivity (Wildman–Crippen MR) is 97.0 cm³/mol. The Balaban J connectivity index is 1.83. The van der Waals surface area contributed by atoms with E-state index in [4.69, 9.17) is 4.74 Å². The summed E-state index contributed by atoms with van der Waals surface area (Å²) in [4.78, 5) is 0. The fourth-order valence-corrected chi connectivity index (χ4v) is 3.61. The molecule has 1 atom stereocenters. The van der Waals surface area contributed by atoms with Crippen molar-refractivity contribution in [2.45, 2.75) is 32.4 Å². The van der Waals surface area contributed by atoms with Crippen molar-refractivity contribution >= 4 is 21.4 Å². The normalized spacial score (nSPS) is 14.6. The van der Waals surface area contributed by atoms with Crippen LogP contribution >= 0.6 is 0 Å². The van der Waals surface area contributed by atoms with Crippen LogP contribution in [0.3, 0.4) is 0 Å². The van der Waals surface area contributed by atoms with E-state index >= 15 is 0 Å². The zero-order chi connectivity index (χ0) is 18.9.